The van der Waals surface area contributed by atoms with Crippen molar-refractivity contribution in [2.45, 2.75) is 39.0 Å². The Labute approximate surface area is 110 Å². The van der Waals surface area contributed by atoms with Crippen LogP contribution in [0.4, 0.5) is 0 Å². The molecule has 0 spiro atoms. The summed E-state index contributed by atoms with van der Waals surface area (Å²) in [6.45, 7) is 4.18. The molecule has 1 rings (SSSR count). The van der Waals surface area contributed by atoms with E-state index in [4.69, 9.17) is 9.47 Å². The second-order valence-electron chi connectivity index (χ2n) is 5.37. The molecule has 106 valence electrons. The molecule has 3 unspecified atom stereocenters. The van der Waals surface area contributed by atoms with Crippen LogP contribution in [0.25, 0.3) is 0 Å². The standard InChI is InChI=1S/C14H26O4/c1-11-5-6-13(14(15)16)12(10-11)4-3-7-18-9-8-17-2/h11-13H,3-10H2,1-2H3,(H,15,16). The summed E-state index contributed by atoms with van der Waals surface area (Å²) in [5, 5.41) is 9.22. The van der Waals surface area contributed by atoms with E-state index in [2.05, 4.69) is 6.92 Å². The Balaban J connectivity index is 2.22. The van der Waals surface area contributed by atoms with Crippen LogP contribution in [0.3, 0.4) is 0 Å². The molecule has 0 aromatic carbocycles. The van der Waals surface area contributed by atoms with Gasteiger partial charge in [0.1, 0.15) is 0 Å². The normalized spacial score (nSPS) is 28.2. The summed E-state index contributed by atoms with van der Waals surface area (Å²) in [5.41, 5.74) is 0. The van der Waals surface area contributed by atoms with E-state index in [1.807, 2.05) is 0 Å². The highest BCUT2D eigenvalue weighted by Crippen LogP contribution is 2.36. The van der Waals surface area contributed by atoms with Gasteiger partial charge in [0, 0.05) is 13.7 Å². The second-order valence-corrected chi connectivity index (χ2v) is 5.37. The van der Waals surface area contributed by atoms with Crippen LogP contribution in [0.1, 0.15) is 39.0 Å². The molecular formula is C14H26O4. The number of carbonyl (C=O) groups is 1. The van der Waals surface area contributed by atoms with E-state index < -0.39 is 5.97 Å². The predicted molar refractivity (Wildman–Crippen MR) is 69.6 cm³/mol. The van der Waals surface area contributed by atoms with Crippen LogP contribution in [-0.2, 0) is 14.3 Å². The van der Waals surface area contributed by atoms with Gasteiger partial charge in [-0.25, -0.2) is 0 Å². The average Bonchev–Trinajstić information content (AvgIpc) is 2.33. The molecule has 0 radical (unpaired) electrons. The summed E-state index contributed by atoms with van der Waals surface area (Å²) in [5.74, 6) is 0.240. The van der Waals surface area contributed by atoms with Crippen LogP contribution in [0, 0.1) is 17.8 Å². The van der Waals surface area contributed by atoms with Crippen LogP contribution in [0.2, 0.25) is 0 Å². The fraction of sp³-hybridized carbons (Fsp3) is 0.929. The number of aliphatic carboxylic acids is 1. The van der Waals surface area contributed by atoms with Gasteiger partial charge < -0.3 is 14.6 Å². The van der Waals surface area contributed by atoms with Gasteiger partial charge in [-0.1, -0.05) is 6.92 Å². The highest BCUT2D eigenvalue weighted by Gasteiger charge is 2.32. The average molecular weight is 258 g/mol. The molecule has 0 saturated heterocycles. The van der Waals surface area contributed by atoms with Crippen molar-refractivity contribution in [1.82, 2.24) is 0 Å². The summed E-state index contributed by atoms with van der Waals surface area (Å²) >= 11 is 0. The molecule has 0 aromatic rings. The minimum absolute atomic E-state index is 0.139. The van der Waals surface area contributed by atoms with Gasteiger partial charge in [-0.05, 0) is 43.9 Å². The van der Waals surface area contributed by atoms with Crippen molar-refractivity contribution in [3.05, 3.63) is 0 Å². The van der Waals surface area contributed by atoms with E-state index in [1.165, 1.54) is 0 Å². The molecular weight excluding hydrogens is 232 g/mol. The maximum absolute atomic E-state index is 11.2. The highest BCUT2D eigenvalue weighted by atomic mass is 16.5. The molecule has 1 aliphatic carbocycles. The summed E-state index contributed by atoms with van der Waals surface area (Å²) < 4.78 is 10.3. The topological polar surface area (TPSA) is 55.8 Å². The quantitative estimate of drug-likeness (QED) is 0.680. The summed E-state index contributed by atoms with van der Waals surface area (Å²) in [7, 11) is 1.66. The van der Waals surface area contributed by atoms with Crippen LogP contribution >= 0.6 is 0 Å². The molecule has 1 aliphatic rings. The Morgan fingerprint density at radius 1 is 1.28 bits per heavy atom. The van der Waals surface area contributed by atoms with Gasteiger partial charge in [-0.2, -0.15) is 0 Å². The second kappa shape index (κ2) is 8.48. The van der Waals surface area contributed by atoms with Crippen molar-refractivity contribution in [2.24, 2.45) is 17.8 Å². The third-order valence-electron chi connectivity index (χ3n) is 3.86. The first-order valence-electron chi connectivity index (χ1n) is 6.94. The van der Waals surface area contributed by atoms with Gasteiger partial charge in [0.25, 0.3) is 0 Å². The fourth-order valence-corrected chi connectivity index (χ4v) is 2.83. The Hall–Kier alpha value is -0.610. The van der Waals surface area contributed by atoms with E-state index in [0.29, 0.717) is 31.7 Å². The van der Waals surface area contributed by atoms with Crippen molar-refractivity contribution in [3.8, 4) is 0 Å². The number of methoxy groups -OCH3 is 1. The van der Waals surface area contributed by atoms with Crippen molar-refractivity contribution in [2.75, 3.05) is 26.9 Å². The molecule has 0 heterocycles. The summed E-state index contributed by atoms with van der Waals surface area (Å²) in [4.78, 5) is 11.2. The first kappa shape index (κ1) is 15.4. The Morgan fingerprint density at radius 3 is 2.72 bits per heavy atom. The molecule has 1 saturated carbocycles. The van der Waals surface area contributed by atoms with Crippen LogP contribution in [-0.4, -0.2) is 38.0 Å². The largest absolute Gasteiger partial charge is 0.481 e. The number of carboxylic acids is 1. The maximum Gasteiger partial charge on any atom is 0.306 e. The minimum atomic E-state index is -0.618. The fourth-order valence-electron chi connectivity index (χ4n) is 2.83. The molecule has 4 heteroatoms. The van der Waals surface area contributed by atoms with Crippen molar-refractivity contribution in [1.29, 1.82) is 0 Å². The zero-order chi connectivity index (χ0) is 13.4. The third-order valence-corrected chi connectivity index (χ3v) is 3.86. The summed E-state index contributed by atoms with van der Waals surface area (Å²) in [6.07, 6.45) is 4.86. The van der Waals surface area contributed by atoms with Crippen LogP contribution in [0.15, 0.2) is 0 Å². The minimum Gasteiger partial charge on any atom is -0.481 e. The van der Waals surface area contributed by atoms with Crippen molar-refractivity contribution < 1.29 is 19.4 Å². The van der Waals surface area contributed by atoms with Gasteiger partial charge in [0.05, 0.1) is 19.1 Å². The predicted octanol–water partition coefficient (Wildman–Crippen LogP) is 2.57. The first-order valence-corrected chi connectivity index (χ1v) is 6.94. The number of hydrogen-bond donors (Lipinski definition) is 1. The molecule has 3 atom stereocenters. The van der Waals surface area contributed by atoms with Crippen LogP contribution in [0.5, 0.6) is 0 Å². The van der Waals surface area contributed by atoms with E-state index >= 15 is 0 Å². The monoisotopic (exact) mass is 258 g/mol. The molecule has 0 bridgehead atoms. The number of rotatable bonds is 8. The highest BCUT2D eigenvalue weighted by molar-refractivity contribution is 5.70. The van der Waals surface area contributed by atoms with Crippen LogP contribution < -0.4 is 0 Å². The molecule has 0 amide bonds. The zero-order valence-corrected chi connectivity index (χ0v) is 11.6. The molecule has 18 heavy (non-hydrogen) atoms. The number of hydrogen-bond acceptors (Lipinski definition) is 3. The van der Waals surface area contributed by atoms with Crippen molar-refractivity contribution in [3.63, 3.8) is 0 Å². The van der Waals surface area contributed by atoms with Crippen molar-refractivity contribution >= 4 is 5.97 Å². The first-order chi connectivity index (χ1) is 8.65. The molecule has 1 N–H and O–H groups in total. The van der Waals surface area contributed by atoms with E-state index in [9.17, 15) is 9.90 Å². The Bertz CT molecular complexity index is 242. The Kier molecular flexibility index (Phi) is 7.28. The van der Waals surface area contributed by atoms with Gasteiger partial charge in [0.15, 0.2) is 0 Å². The lowest BCUT2D eigenvalue weighted by molar-refractivity contribution is -0.145. The lowest BCUT2D eigenvalue weighted by Gasteiger charge is -2.32. The molecule has 4 nitrogen and oxygen atoms in total. The summed E-state index contributed by atoms with van der Waals surface area (Å²) in [6, 6.07) is 0. The van der Waals surface area contributed by atoms with Gasteiger partial charge in [-0.15, -0.1) is 0 Å². The lowest BCUT2D eigenvalue weighted by Crippen LogP contribution is -2.30. The lowest BCUT2D eigenvalue weighted by atomic mass is 9.73. The number of carboxylic acid groups (broad SMARTS) is 1. The van der Waals surface area contributed by atoms with E-state index in [0.717, 1.165) is 32.1 Å². The van der Waals surface area contributed by atoms with Gasteiger partial charge in [-0.3, -0.25) is 4.79 Å². The van der Waals surface area contributed by atoms with Gasteiger partial charge in [0.2, 0.25) is 0 Å². The SMILES string of the molecule is COCCOCCCC1CC(C)CCC1C(=O)O. The van der Waals surface area contributed by atoms with E-state index in [1.54, 1.807) is 7.11 Å². The maximum atomic E-state index is 11.2. The molecule has 0 aromatic heterocycles. The molecule has 1 fully saturated rings. The smallest absolute Gasteiger partial charge is 0.306 e. The zero-order valence-electron chi connectivity index (χ0n) is 11.6. The third kappa shape index (κ3) is 5.36. The molecule has 0 aliphatic heterocycles. The number of ether oxygens (including phenoxy) is 2. The van der Waals surface area contributed by atoms with Gasteiger partial charge >= 0.3 is 5.97 Å². The Morgan fingerprint density at radius 2 is 2.06 bits per heavy atom. The van der Waals surface area contributed by atoms with E-state index in [-0.39, 0.29) is 5.92 Å².